The molecule has 0 aromatic heterocycles. The highest BCUT2D eigenvalue weighted by molar-refractivity contribution is 7.86. The van der Waals surface area contributed by atoms with Crippen LogP contribution in [0.2, 0.25) is 0 Å². The van der Waals surface area contributed by atoms with Crippen LogP contribution in [-0.4, -0.2) is 29.4 Å². The molecule has 0 spiro atoms. The third-order valence-electron chi connectivity index (χ3n) is 2.71. The molecule has 2 N–H and O–H groups in total. The predicted molar refractivity (Wildman–Crippen MR) is 79.8 cm³/mol. The van der Waals surface area contributed by atoms with Gasteiger partial charge in [-0.1, -0.05) is 60.7 Å². The van der Waals surface area contributed by atoms with Crippen molar-refractivity contribution in [3.8, 4) is 0 Å². The van der Waals surface area contributed by atoms with Crippen LogP contribution in [-0.2, 0) is 10.1 Å². The van der Waals surface area contributed by atoms with Crippen LogP contribution in [0.15, 0.2) is 60.7 Å². The number of alkyl halides is 3. The summed E-state index contributed by atoms with van der Waals surface area (Å²) in [6.45, 7) is 0. The zero-order valence-corrected chi connectivity index (χ0v) is 12.8. The minimum Gasteiger partial charge on any atom is -0.380 e. The van der Waals surface area contributed by atoms with E-state index in [1.807, 2.05) is 12.1 Å². The van der Waals surface area contributed by atoms with Crippen LogP contribution in [0, 0.1) is 0 Å². The fourth-order valence-corrected chi connectivity index (χ4v) is 1.55. The Labute approximate surface area is 136 Å². The number of Topliss-reactive ketones (excluding diaryl/α,β-unsaturated/α-hetero) is 1. The predicted octanol–water partition coefficient (Wildman–Crippen LogP) is 3.00. The van der Waals surface area contributed by atoms with Crippen molar-refractivity contribution < 1.29 is 36.0 Å². The summed E-state index contributed by atoms with van der Waals surface area (Å²) in [7, 11) is -5.84. The van der Waals surface area contributed by atoms with Crippen LogP contribution in [0.4, 0.5) is 13.2 Å². The largest absolute Gasteiger partial charge is 0.522 e. The number of rotatable bonds is 3. The summed E-state index contributed by atoms with van der Waals surface area (Å²) >= 11 is 0. The maximum absolute atomic E-state index is 11.9. The number of ketones is 1. The maximum Gasteiger partial charge on any atom is 0.522 e. The topological polar surface area (TPSA) is 91.7 Å². The highest BCUT2D eigenvalue weighted by Gasteiger charge is 2.44. The molecule has 1 atom stereocenters. The Morgan fingerprint density at radius 1 is 0.917 bits per heavy atom. The van der Waals surface area contributed by atoms with Crippen molar-refractivity contribution >= 4 is 15.9 Å². The van der Waals surface area contributed by atoms with Crippen LogP contribution in [0.3, 0.4) is 0 Å². The SMILES string of the molecule is O=C(c1ccccc1)C(O)c1ccccc1.O=S(=O)(O)C(F)(F)F. The highest BCUT2D eigenvalue weighted by atomic mass is 32.2. The van der Waals surface area contributed by atoms with E-state index in [1.54, 1.807) is 48.5 Å². The summed E-state index contributed by atoms with van der Waals surface area (Å²) < 4.78 is 57.5. The summed E-state index contributed by atoms with van der Waals surface area (Å²) in [5.41, 5.74) is -4.39. The number of hydrogen-bond acceptors (Lipinski definition) is 4. The fourth-order valence-electron chi connectivity index (χ4n) is 1.55. The molecule has 0 aliphatic heterocycles. The van der Waals surface area contributed by atoms with Gasteiger partial charge in [0, 0.05) is 5.56 Å². The van der Waals surface area contributed by atoms with Crippen LogP contribution in [0.5, 0.6) is 0 Å². The number of hydrogen-bond donors (Lipinski definition) is 2. The van der Waals surface area contributed by atoms with Gasteiger partial charge in [-0.2, -0.15) is 21.6 Å². The molecule has 0 radical (unpaired) electrons. The minimum atomic E-state index is -5.84. The third kappa shape index (κ3) is 5.76. The molecule has 2 aromatic rings. The van der Waals surface area contributed by atoms with E-state index in [1.165, 1.54) is 0 Å². The quantitative estimate of drug-likeness (QED) is 0.498. The van der Waals surface area contributed by atoms with E-state index >= 15 is 0 Å². The van der Waals surface area contributed by atoms with Gasteiger partial charge in [-0.05, 0) is 5.56 Å². The molecule has 1 unspecified atom stereocenters. The molecule has 0 aliphatic carbocycles. The molecule has 0 fully saturated rings. The first-order valence-electron chi connectivity index (χ1n) is 6.40. The molecule has 0 heterocycles. The molecule has 9 heteroatoms. The second-order valence-corrected chi connectivity index (χ2v) is 5.88. The second-order valence-electron chi connectivity index (χ2n) is 4.46. The first-order valence-corrected chi connectivity index (χ1v) is 7.84. The zero-order chi connectivity index (χ0) is 18.4. The Morgan fingerprint density at radius 3 is 1.67 bits per heavy atom. The molecule has 0 bridgehead atoms. The molecular weight excluding hydrogens is 349 g/mol. The first kappa shape index (κ1) is 19.8. The molecule has 5 nitrogen and oxygen atoms in total. The van der Waals surface area contributed by atoms with Crippen LogP contribution < -0.4 is 0 Å². The zero-order valence-electron chi connectivity index (χ0n) is 12.0. The van der Waals surface area contributed by atoms with Crippen molar-refractivity contribution in [2.75, 3.05) is 0 Å². The van der Waals surface area contributed by atoms with Crippen molar-refractivity contribution in [2.24, 2.45) is 0 Å². The van der Waals surface area contributed by atoms with E-state index in [9.17, 15) is 23.1 Å². The van der Waals surface area contributed by atoms with Gasteiger partial charge in [0.1, 0.15) is 6.10 Å². The van der Waals surface area contributed by atoms with E-state index in [0.717, 1.165) is 0 Å². The number of carbonyl (C=O) groups excluding carboxylic acids is 1. The van der Waals surface area contributed by atoms with Crippen LogP contribution >= 0.6 is 0 Å². The second kappa shape index (κ2) is 8.04. The fraction of sp³-hybridized carbons (Fsp3) is 0.133. The Bertz CT molecular complexity index is 759. The molecule has 0 saturated carbocycles. The lowest BCUT2D eigenvalue weighted by Crippen LogP contribution is -2.21. The Morgan fingerprint density at radius 2 is 1.29 bits per heavy atom. The van der Waals surface area contributed by atoms with Gasteiger partial charge in [-0.15, -0.1) is 0 Å². The van der Waals surface area contributed by atoms with E-state index in [2.05, 4.69) is 0 Å². The van der Waals surface area contributed by atoms with Crippen molar-refractivity contribution in [1.82, 2.24) is 0 Å². The molecule has 2 rings (SSSR count). The summed E-state index contributed by atoms with van der Waals surface area (Å²) in [6.07, 6.45) is -1.08. The van der Waals surface area contributed by atoms with E-state index in [4.69, 9.17) is 13.0 Å². The van der Waals surface area contributed by atoms with Crippen molar-refractivity contribution in [1.29, 1.82) is 0 Å². The third-order valence-corrected chi connectivity index (χ3v) is 3.30. The van der Waals surface area contributed by atoms with Gasteiger partial charge in [0.05, 0.1) is 0 Å². The number of benzene rings is 2. The molecule has 0 aliphatic rings. The lowest BCUT2D eigenvalue weighted by Gasteiger charge is -2.09. The molecule has 24 heavy (non-hydrogen) atoms. The number of aliphatic hydroxyl groups is 1. The number of halogens is 3. The van der Waals surface area contributed by atoms with Crippen LogP contribution in [0.1, 0.15) is 22.0 Å². The van der Waals surface area contributed by atoms with Gasteiger partial charge < -0.3 is 5.11 Å². The Hall–Kier alpha value is -2.23. The van der Waals surface area contributed by atoms with Gasteiger partial charge in [0.15, 0.2) is 5.78 Å². The van der Waals surface area contributed by atoms with E-state index in [-0.39, 0.29) is 5.78 Å². The molecule has 2 aromatic carbocycles. The number of carbonyl (C=O) groups is 1. The standard InChI is InChI=1S/C14H12O2.CHF3O3S/c15-13(11-7-3-1-4-8-11)14(16)12-9-5-2-6-10-12;2-1(3,4)8(5,6)7/h1-10,13,15H;(H,5,6,7). The first-order chi connectivity index (χ1) is 11.0. The van der Waals surface area contributed by atoms with Crippen molar-refractivity contribution in [2.45, 2.75) is 11.6 Å². The summed E-state index contributed by atoms with van der Waals surface area (Å²) in [5, 5.41) is 9.89. The summed E-state index contributed by atoms with van der Waals surface area (Å²) in [6, 6.07) is 17.7. The minimum absolute atomic E-state index is 0.271. The smallest absolute Gasteiger partial charge is 0.380 e. The van der Waals surface area contributed by atoms with Gasteiger partial charge in [-0.3, -0.25) is 9.35 Å². The van der Waals surface area contributed by atoms with Gasteiger partial charge in [0.25, 0.3) is 0 Å². The monoisotopic (exact) mass is 362 g/mol. The van der Waals surface area contributed by atoms with Crippen molar-refractivity contribution in [3.63, 3.8) is 0 Å². The van der Waals surface area contributed by atoms with Gasteiger partial charge in [-0.25, -0.2) is 0 Å². The molecule has 130 valence electrons. The Balaban J connectivity index is 0.000000307. The van der Waals surface area contributed by atoms with E-state index in [0.29, 0.717) is 11.1 Å². The van der Waals surface area contributed by atoms with Gasteiger partial charge in [0.2, 0.25) is 0 Å². The van der Waals surface area contributed by atoms with E-state index < -0.39 is 21.7 Å². The average Bonchev–Trinajstić information content (AvgIpc) is 2.54. The van der Waals surface area contributed by atoms with Gasteiger partial charge >= 0.3 is 15.6 Å². The number of aliphatic hydroxyl groups excluding tert-OH is 1. The average molecular weight is 362 g/mol. The van der Waals surface area contributed by atoms with Crippen molar-refractivity contribution in [3.05, 3.63) is 71.8 Å². The molecule has 0 saturated heterocycles. The lowest BCUT2D eigenvalue weighted by molar-refractivity contribution is -0.0510. The molecule has 0 amide bonds. The molecular formula is C15H13F3O5S. The maximum atomic E-state index is 11.9. The highest BCUT2D eigenvalue weighted by Crippen LogP contribution is 2.20. The van der Waals surface area contributed by atoms with Crippen LogP contribution in [0.25, 0.3) is 0 Å². The summed E-state index contributed by atoms with van der Waals surface area (Å²) in [4.78, 5) is 11.9. The summed E-state index contributed by atoms with van der Waals surface area (Å²) in [5.74, 6) is -0.271. The lowest BCUT2D eigenvalue weighted by atomic mass is 10.0. The normalized spacial score (nSPS) is 12.7. The Kier molecular flexibility index (Phi) is 6.64.